The van der Waals surface area contributed by atoms with E-state index in [0.29, 0.717) is 22.5 Å². The summed E-state index contributed by atoms with van der Waals surface area (Å²) in [6.07, 6.45) is 2.23. The molecule has 0 atom stereocenters. The number of carbonyl (C=O) groups is 2. The Morgan fingerprint density at radius 2 is 2.17 bits per heavy atom. The highest BCUT2D eigenvalue weighted by atomic mass is 32.2. The van der Waals surface area contributed by atoms with Crippen LogP contribution in [-0.2, 0) is 16.1 Å². The van der Waals surface area contributed by atoms with Crippen LogP contribution in [-0.4, -0.2) is 49.7 Å². The second kappa shape index (κ2) is 6.79. The molecule has 1 aliphatic heterocycles. The van der Waals surface area contributed by atoms with Gasteiger partial charge >= 0.3 is 0 Å². The van der Waals surface area contributed by atoms with E-state index in [4.69, 9.17) is 12.2 Å². The van der Waals surface area contributed by atoms with Crippen molar-refractivity contribution >= 4 is 40.1 Å². The van der Waals surface area contributed by atoms with E-state index in [-0.39, 0.29) is 30.5 Å². The predicted octanol–water partition coefficient (Wildman–Crippen LogP) is 0.0972. The zero-order valence-electron chi connectivity index (χ0n) is 12.4. The minimum Gasteiger partial charge on any atom is -0.353 e. The lowest BCUT2D eigenvalue weighted by atomic mass is 10.3. The van der Waals surface area contributed by atoms with Gasteiger partial charge < -0.3 is 5.32 Å². The van der Waals surface area contributed by atoms with Gasteiger partial charge in [0.1, 0.15) is 10.9 Å². The fourth-order valence-electron chi connectivity index (χ4n) is 2.26. The quantitative estimate of drug-likeness (QED) is 0.731. The number of thioether (sulfide) groups is 1. The van der Waals surface area contributed by atoms with E-state index < -0.39 is 0 Å². The lowest BCUT2D eigenvalue weighted by Gasteiger charge is -2.14. The fourth-order valence-corrected chi connectivity index (χ4v) is 3.32. The summed E-state index contributed by atoms with van der Waals surface area (Å²) in [5.74, 6) is 0.315. The third kappa shape index (κ3) is 3.97. The predicted molar refractivity (Wildman–Crippen MR) is 90.3 cm³/mol. The normalized spacial score (nSPS) is 17.7. The van der Waals surface area contributed by atoms with Crippen LogP contribution in [0.1, 0.15) is 24.5 Å². The van der Waals surface area contributed by atoms with E-state index in [9.17, 15) is 14.4 Å². The van der Waals surface area contributed by atoms with Gasteiger partial charge in [-0.25, -0.2) is 4.68 Å². The average molecular weight is 352 g/mol. The highest BCUT2D eigenvalue weighted by molar-refractivity contribution is 8.23. The van der Waals surface area contributed by atoms with Gasteiger partial charge in [0.05, 0.1) is 18.0 Å². The van der Waals surface area contributed by atoms with E-state index in [0.717, 1.165) is 18.5 Å². The minimum atomic E-state index is -0.297. The maximum Gasteiger partial charge on any atom is 0.266 e. The van der Waals surface area contributed by atoms with Crippen molar-refractivity contribution in [2.45, 2.75) is 25.3 Å². The maximum absolute atomic E-state index is 11.9. The summed E-state index contributed by atoms with van der Waals surface area (Å²) in [5, 5.41) is 7.01. The molecule has 2 aliphatic rings. The minimum absolute atomic E-state index is 0.0743. The van der Waals surface area contributed by atoms with Crippen molar-refractivity contribution in [3.05, 3.63) is 28.2 Å². The Balaban J connectivity index is 1.50. The Labute approximate surface area is 142 Å². The number of carbonyl (C=O) groups excluding carboxylic acids is 2. The molecule has 1 saturated heterocycles. The van der Waals surface area contributed by atoms with Crippen molar-refractivity contribution in [3.8, 4) is 0 Å². The summed E-state index contributed by atoms with van der Waals surface area (Å²) >= 11 is 6.28. The number of nitrogens with zero attached hydrogens (tertiary/aromatic N) is 3. The van der Waals surface area contributed by atoms with Crippen LogP contribution < -0.4 is 10.9 Å². The van der Waals surface area contributed by atoms with Gasteiger partial charge in [-0.2, -0.15) is 5.10 Å². The van der Waals surface area contributed by atoms with Crippen molar-refractivity contribution < 1.29 is 9.59 Å². The number of hydrogen-bond donors (Lipinski definition) is 1. The van der Waals surface area contributed by atoms with Crippen LogP contribution in [0.15, 0.2) is 16.9 Å². The first-order valence-corrected chi connectivity index (χ1v) is 8.76. The molecule has 9 heteroatoms. The summed E-state index contributed by atoms with van der Waals surface area (Å²) in [5.41, 5.74) is 0.747. The second-order valence-electron chi connectivity index (χ2n) is 5.48. The molecule has 1 saturated carbocycles. The van der Waals surface area contributed by atoms with Crippen LogP contribution in [0.25, 0.3) is 0 Å². The molecule has 3 rings (SSSR count). The third-order valence-corrected chi connectivity index (χ3v) is 5.10. The molecule has 0 spiro atoms. The number of thiocarbonyl (C=S) groups is 1. The topological polar surface area (TPSA) is 84.3 Å². The van der Waals surface area contributed by atoms with Gasteiger partial charge in [-0.1, -0.05) is 24.0 Å². The van der Waals surface area contributed by atoms with Gasteiger partial charge in [0, 0.05) is 18.5 Å². The van der Waals surface area contributed by atoms with Gasteiger partial charge in [-0.15, -0.1) is 0 Å². The third-order valence-electron chi connectivity index (χ3n) is 3.67. The second-order valence-corrected chi connectivity index (χ2v) is 7.09. The largest absolute Gasteiger partial charge is 0.353 e. The SMILES string of the molecule is O=C(CN1C(=O)CSC1=S)NCCn1nc(C2CC2)ccc1=O. The van der Waals surface area contributed by atoms with Gasteiger partial charge in [0.2, 0.25) is 11.8 Å². The van der Waals surface area contributed by atoms with Crippen molar-refractivity contribution in [2.24, 2.45) is 0 Å². The molecule has 0 radical (unpaired) electrons. The number of amides is 2. The van der Waals surface area contributed by atoms with Crippen molar-refractivity contribution in [2.75, 3.05) is 18.8 Å². The zero-order chi connectivity index (χ0) is 16.4. The standard InChI is InChI=1S/C14H16N4O3S2/c19-11(7-17-13(21)8-23-14(17)22)15-5-6-18-12(20)4-3-10(16-18)9-1-2-9/h3-4,9H,1-2,5-8H2,(H,15,19). The summed E-state index contributed by atoms with van der Waals surface area (Å²) in [6.45, 7) is 0.509. The molecule has 1 N–H and O–H groups in total. The number of nitrogens with one attached hydrogen (secondary N) is 1. The average Bonchev–Trinajstić information content (AvgIpc) is 3.32. The molecule has 1 aromatic rings. The number of hydrogen-bond acceptors (Lipinski definition) is 6. The molecule has 1 aromatic heterocycles. The van der Waals surface area contributed by atoms with Crippen LogP contribution in [0, 0.1) is 0 Å². The molecule has 122 valence electrons. The van der Waals surface area contributed by atoms with E-state index >= 15 is 0 Å². The first-order chi connectivity index (χ1) is 11.0. The Hall–Kier alpha value is -1.74. The molecular weight excluding hydrogens is 336 g/mol. The molecule has 7 nitrogen and oxygen atoms in total. The summed E-state index contributed by atoms with van der Waals surface area (Å²) < 4.78 is 1.80. The van der Waals surface area contributed by atoms with E-state index in [1.165, 1.54) is 27.4 Å². The lowest BCUT2D eigenvalue weighted by molar-refractivity contribution is -0.129. The molecule has 2 fully saturated rings. The highest BCUT2D eigenvalue weighted by Gasteiger charge is 2.28. The first-order valence-electron chi connectivity index (χ1n) is 7.36. The maximum atomic E-state index is 11.9. The zero-order valence-corrected chi connectivity index (χ0v) is 14.0. The van der Waals surface area contributed by atoms with Crippen LogP contribution in [0.3, 0.4) is 0 Å². The molecule has 2 heterocycles. The molecule has 23 heavy (non-hydrogen) atoms. The molecule has 0 aromatic carbocycles. The Morgan fingerprint density at radius 3 is 2.83 bits per heavy atom. The van der Waals surface area contributed by atoms with Gasteiger partial charge in [0.15, 0.2) is 0 Å². The fraction of sp³-hybridized carbons (Fsp3) is 0.500. The van der Waals surface area contributed by atoms with Gasteiger partial charge in [0.25, 0.3) is 5.56 Å². The Bertz CT molecular complexity index is 698. The van der Waals surface area contributed by atoms with Crippen LogP contribution >= 0.6 is 24.0 Å². The number of rotatable bonds is 6. The van der Waals surface area contributed by atoms with Crippen LogP contribution in [0.5, 0.6) is 0 Å². The van der Waals surface area contributed by atoms with Crippen molar-refractivity contribution in [1.82, 2.24) is 20.0 Å². The van der Waals surface area contributed by atoms with Crippen LogP contribution in [0.4, 0.5) is 0 Å². The summed E-state index contributed by atoms with van der Waals surface area (Å²) in [7, 11) is 0. The number of aromatic nitrogens is 2. The monoisotopic (exact) mass is 352 g/mol. The highest BCUT2D eigenvalue weighted by Crippen LogP contribution is 2.38. The van der Waals surface area contributed by atoms with Gasteiger partial charge in [-0.05, 0) is 18.9 Å². The smallest absolute Gasteiger partial charge is 0.266 e. The van der Waals surface area contributed by atoms with Crippen molar-refractivity contribution in [1.29, 1.82) is 0 Å². The van der Waals surface area contributed by atoms with E-state index in [1.807, 2.05) is 0 Å². The molecule has 1 aliphatic carbocycles. The van der Waals surface area contributed by atoms with Gasteiger partial charge in [-0.3, -0.25) is 19.3 Å². The van der Waals surface area contributed by atoms with Crippen LogP contribution in [0.2, 0.25) is 0 Å². The van der Waals surface area contributed by atoms with Crippen molar-refractivity contribution in [3.63, 3.8) is 0 Å². The summed E-state index contributed by atoms with van der Waals surface area (Å²) in [4.78, 5) is 36.5. The molecule has 2 amide bonds. The molecular formula is C14H16N4O3S2. The Kier molecular flexibility index (Phi) is 4.76. The lowest BCUT2D eigenvalue weighted by Crippen LogP contribution is -2.41. The summed E-state index contributed by atoms with van der Waals surface area (Å²) in [6, 6.07) is 3.29. The Morgan fingerprint density at radius 1 is 1.39 bits per heavy atom. The first kappa shape index (κ1) is 16.1. The van der Waals surface area contributed by atoms with E-state index in [2.05, 4.69) is 10.4 Å². The van der Waals surface area contributed by atoms with E-state index in [1.54, 1.807) is 6.07 Å². The molecule has 0 unspecified atom stereocenters. The molecule has 0 bridgehead atoms.